The van der Waals surface area contributed by atoms with Gasteiger partial charge < -0.3 is 15.7 Å². The summed E-state index contributed by atoms with van der Waals surface area (Å²) in [6, 6.07) is 2.75. The number of nitrogens with zero attached hydrogens (tertiary/aromatic N) is 3. The molecule has 2 heterocycles. The van der Waals surface area contributed by atoms with Crippen molar-refractivity contribution in [1.82, 2.24) is 14.8 Å². The third-order valence-electron chi connectivity index (χ3n) is 2.20. The molecule has 0 aromatic carbocycles. The molecule has 0 aliphatic rings. The SMILES string of the molecule is O=C(Nc1ccnc(Cl)c1)Nc1cnn(CCO)c1. The smallest absolute Gasteiger partial charge is 0.323 e. The van der Waals surface area contributed by atoms with E-state index in [1.54, 1.807) is 12.3 Å². The minimum absolute atomic E-state index is 0.0111. The quantitative estimate of drug-likeness (QED) is 0.742. The van der Waals surface area contributed by atoms with Crippen LogP contribution in [0.5, 0.6) is 0 Å². The van der Waals surface area contributed by atoms with Crippen molar-refractivity contribution in [1.29, 1.82) is 0 Å². The lowest BCUT2D eigenvalue weighted by atomic mass is 10.4. The second-order valence-electron chi connectivity index (χ2n) is 3.66. The molecule has 0 bridgehead atoms. The zero-order valence-electron chi connectivity index (χ0n) is 9.88. The van der Waals surface area contributed by atoms with Crippen LogP contribution in [0.3, 0.4) is 0 Å². The number of aliphatic hydroxyl groups is 1. The van der Waals surface area contributed by atoms with Gasteiger partial charge in [-0.1, -0.05) is 11.6 Å². The van der Waals surface area contributed by atoms with Crippen LogP contribution in [0.25, 0.3) is 0 Å². The van der Waals surface area contributed by atoms with Gasteiger partial charge in [-0.3, -0.25) is 4.68 Å². The van der Waals surface area contributed by atoms with Gasteiger partial charge in [-0.05, 0) is 12.1 Å². The number of carbonyl (C=O) groups excluding carboxylic acids is 1. The van der Waals surface area contributed by atoms with E-state index in [1.165, 1.54) is 23.1 Å². The summed E-state index contributed by atoms with van der Waals surface area (Å²) in [5, 5.41) is 18.2. The summed E-state index contributed by atoms with van der Waals surface area (Å²) in [5.41, 5.74) is 1.08. The van der Waals surface area contributed by atoms with Crippen molar-refractivity contribution in [2.45, 2.75) is 6.54 Å². The molecule has 19 heavy (non-hydrogen) atoms. The molecule has 2 amide bonds. The van der Waals surface area contributed by atoms with Crippen molar-refractivity contribution < 1.29 is 9.90 Å². The van der Waals surface area contributed by atoms with Gasteiger partial charge >= 0.3 is 6.03 Å². The highest BCUT2D eigenvalue weighted by atomic mass is 35.5. The Bertz CT molecular complexity index is 572. The molecule has 0 saturated carbocycles. The van der Waals surface area contributed by atoms with Crippen LogP contribution in [0, 0.1) is 0 Å². The van der Waals surface area contributed by atoms with Gasteiger partial charge in [0.25, 0.3) is 0 Å². The highest BCUT2D eigenvalue weighted by Crippen LogP contribution is 2.12. The Morgan fingerprint density at radius 3 is 2.95 bits per heavy atom. The predicted molar refractivity (Wildman–Crippen MR) is 71.2 cm³/mol. The molecular formula is C11H12ClN5O2. The summed E-state index contributed by atoms with van der Waals surface area (Å²) in [6.07, 6.45) is 4.61. The summed E-state index contributed by atoms with van der Waals surface area (Å²) in [6.45, 7) is 0.367. The lowest BCUT2D eigenvalue weighted by molar-refractivity contribution is 0.262. The molecule has 0 aliphatic carbocycles. The molecule has 0 fully saturated rings. The largest absolute Gasteiger partial charge is 0.394 e. The summed E-state index contributed by atoms with van der Waals surface area (Å²) < 4.78 is 1.53. The average molecular weight is 282 g/mol. The monoisotopic (exact) mass is 281 g/mol. The lowest BCUT2D eigenvalue weighted by Gasteiger charge is -2.05. The van der Waals surface area contributed by atoms with Gasteiger partial charge in [0.2, 0.25) is 0 Å². The Hall–Kier alpha value is -2.12. The Kier molecular flexibility index (Phi) is 4.32. The summed E-state index contributed by atoms with van der Waals surface area (Å²) >= 11 is 5.71. The van der Waals surface area contributed by atoms with Gasteiger partial charge in [0.1, 0.15) is 5.15 Å². The number of aliphatic hydroxyl groups excluding tert-OH is 1. The number of urea groups is 1. The third-order valence-corrected chi connectivity index (χ3v) is 2.41. The van der Waals surface area contributed by atoms with E-state index in [2.05, 4.69) is 20.7 Å². The number of halogens is 1. The topological polar surface area (TPSA) is 92.1 Å². The number of aromatic nitrogens is 3. The molecule has 0 radical (unpaired) electrons. The highest BCUT2D eigenvalue weighted by molar-refractivity contribution is 6.29. The van der Waals surface area contributed by atoms with Crippen LogP contribution in [0.1, 0.15) is 0 Å². The molecule has 7 nitrogen and oxygen atoms in total. The number of nitrogens with one attached hydrogen (secondary N) is 2. The standard InChI is InChI=1S/C11H12ClN5O2/c12-10-5-8(1-2-13-10)15-11(19)16-9-6-14-17(7-9)3-4-18/h1-2,5-7,18H,3-4H2,(H2,13,15,16,19). The summed E-state index contributed by atoms with van der Waals surface area (Å²) in [4.78, 5) is 15.5. The minimum Gasteiger partial charge on any atom is -0.394 e. The van der Waals surface area contributed by atoms with Gasteiger partial charge in [0.15, 0.2) is 0 Å². The number of hydrogen-bond acceptors (Lipinski definition) is 4. The molecule has 2 aromatic heterocycles. The van der Waals surface area contributed by atoms with Gasteiger partial charge in [-0.25, -0.2) is 9.78 Å². The van der Waals surface area contributed by atoms with E-state index in [4.69, 9.17) is 16.7 Å². The Labute approximate surface area is 114 Å². The molecular weight excluding hydrogens is 270 g/mol. The Morgan fingerprint density at radius 1 is 1.42 bits per heavy atom. The first-order valence-electron chi connectivity index (χ1n) is 5.50. The van der Waals surface area contributed by atoms with Gasteiger partial charge in [-0.2, -0.15) is 5.10 Å². The number of anilines is 2. The summed E-state index contributed by atoms with van der Waals surface area (Å²) in [7, 11) is 0. The molecule has 100 valence electrons. The van der Waals surface area contributed by atoms with Crippen LogP contribution < -0.4 is 10.6 Å². The average Bonchev–Trinajstić information content (AvgIpc) is 2.77. The molecule has 0 spiro atoms. The molecule has 3 N–H and O–H groups in total. The van der Waals surface area contributed by atoms with E-state index < -0.39 is 6.03 Å². The fraction of sp³-hybridized carbons (Fsp3) is 0.182. The van der Waals surface area contributed by atoms with Crippen molar-refractivity contribution in [3.8, 4) is 0 Å². The number of hydrogen-bond donors (Lipinski definition) is 3. The molecule has 0 aliphatic heterocycles. The fourth-order valence-electron chi connectivity index (χ4n) is 1.43. The maximum Gasteiger partial charge on any atom is 0.323 e. The van der Waals surface area contributed by atoms with Crippen molar-refractivity contribution in [3.63, 3.8) is 0 Å². The zero-order valence-corrected chi connectivity index (χ0v) is 10.6. The van der Waals surface area contributed by atoms with Crippen LogP contribution in [0.15, 0.2) is 30.7 Å². The number of amides is 2. The molecule has 2 aromatic rings. The van der Waals surface area contributed by atoms with E-state index in [0.717, 1.165) is 0 Å². The maximum atomic E-state index is 11.7. The number of pyridine rings is 1. The first-order chi connectivity index (χ1) is 9.17. The number of rotatable bonds is 4. The maximum absolute atomic E-state index is 11.7. The fourth-order valence-corrected chi connectivity index (χ4v) is 1.60. The van der Waals surface area contributed by atoms with E-state index in [9.17, 15) is 4.79 Å². The van der Waals surface area contributed by atoms with E-state index in [1.807, 2.05) is 0 Å². The lowest BCUT2D eigenvalue weighted by Crippen LogP contribution is -2.19. The van der Waals surface area contributed by atoms with Crippen LogP contribution >= 0.6 is 11.6 Å². The van der Waals surface area contributed by atoms with Crippen molar-refractivity contribution >= 4 is 29.0 Å². The van der Waals surface area contributed by atoms with E-state index in [-0.39, 0.29) is 6.61 Å². The molecule has 0 saturated heterocycles. The zero-order chi connectivity index (χ0) is 13.7. The predicted octanol–water partition coefficient (Wildman–Crippen LogP) is 1.57. The first kappa shape index (κ1) is 13.3. The van der Waals surface area contributed by atoms with Gasteiger partial charge in [0, 0.05) is 18.1 Å². The van der Waals surface area contributed by atoms with Crippen molar-refractivity contribution in [3.05, 3.63) is 35.9 Å². The first-order valence-corrected chi connectivity index (χ1v) is 5.88. The van der Waals surface area contributed by atoms with Crippen LogP contribution in [-0.2, 0) is 6.54 Å². The van der Waals surface area contributed by atoms with Crippen molar-refractivity contribution in [2.75, 3.05) is 17.2 Å². The van der Waals surface area contributed by atoms with E-state index >= 15 is 0 Å². The molecule has 8 heteroatoms. The third kappa shape index (κ3) is 3.94. The molecule has 2 rings (SSSR count). The van der Waals surface area contributed by atoms with Crippen LogP contribution in [0.2, 0.25) is 5.15 Å². The molecule has 0 unspecified atom stereocenters. The molecule has 0 atom stereocenters. The van der Waals surface area contributed by atoms with E-state index in [0.29, 0.717) is 23.1 Å². The second-order valence-corrected chi connectivity index (χ2v) is 4.05. The van der Waals surface area contributed by atoms with Crippen LogP contribution in [0.4, 0.5) is 16.2 Å². The highest BCUT2D eigenvalue weighted by Gasteiger charge is 2.05. The van der Waals surface area contributed by atoms with Gasteiger partial charge in [0.05, 0.1) is 25.0 Å². The summed E-state index contributed by atoms with van der Waals surface area (Å²) in [5.74, 6) is 0. The normalized spacial score (nSPS) is 10.2. The Morgan fingerprint density at radius 2 is 2.21 bits per heavy atom. The van der Waals surface area contributed by atoms with Gasteiger partial charge in [-0.15, -0.1) is 0 Å². The second kappa shape index (κ2) is 6.17. The van der Waals surface area contributed by atoms with Crippen LogP contribution in [-0.4, -0.2) is 32.5 Å². The Balaban J connectivity index is 1.93. The van der Waals surface area contributed by atoms with Crippen molar-refractivity contribution in [2.24, 2.45) is 0 Å². The number of carbonyl (C=O) groups is 1. The minimum atomic E-state index is -0.411.